The van der Waals surface area contributed by atoms with Crippen LogP contribution in [0, 0.1) is 0 Å². The van der Waals surface area contributed by atoms with Crippen molar-refractivity contribution < 1.29 is 34.4 Å². The maximum Gasteiger partial charge on any atom is 0.326 e. The summed E-state index contributed by atoms with van der Waals surface area (Å²) in [7, 11) is 1.37. The number of nitrogens with one attached hydrogen (secondary N) is 1. The number of carboxylic acid groups (broad SMARTS) is 2. The van der Waals surface area contributed by atoms with Crippen molar-refractivity contribution in [2.75, 3.05) is 7.11 Å². The Morgan fingerprint density at radius 3 is 2.54 bits per heavy atom. The molecule has 0 radical (unpaired) electrons. The van der Waals surface area contributed by atoms with Gasteiger partial charge in [0.25, 0.3) is 11.5 Å². The molecular weight excluding hydrogens is 374 g/mol. The molecule has 0 aliphatic carbocycles. The maximum absolute atomic E-state index is 12.4. The van der Waals surface area contributed by atoms with Crippen LogP contribution in [-0.2, 0) is 9.59 Å². The minimum absolute atomic E-state index is 0.199. The lowest BCUT2D eigenvalue weighted by Gasteiger charge is -2.15. The predicted octanol–water partition coefficient (Wildman–Crippen LogP) is -0.00550. The van der Waals surface area contributed by atoms with Gasteiger partial charge in [-0.3, -0.25) is 14.4 Å². The average molecular weight is 391 g/mol. The number of carbonyl (C=O) groups excluding carboxylic acids is 1. The van der Waals surface area contributed by atoms with Crippen LogP contribution in [-0.4, -0.2) is 56.1 Å². The Kier molecular flexibility index (Phi) is 6.32. The predicted molar refractivity (Wildman–Crippen MR) is 93.8 cm³/mol. The highest BCUT2D eigenvalue weighted by Crippen LogP contribution is 2.21. The fourth-order valence-corrected chi connectivity index (χ4v) is 2.34. The number of aromatic nitrogens is 2. The third-order valence-electron chi connectivity index (χ3n) is 3.69. The van der Waals surface area contributed by atoms with E-state index in [1.165, 1.54) is 13.2 Å². The molecule has 0 aliphatic heterocycles. The summed E-state index contributed by atoms with van der Waals surface area (Å²) in [5.74, 6) is -4.24. The second kappa shape index (κ2) is 8.66. The minimum Gasteiger partial charge on any atom is -0.505 e. The van der Waals surface area contributed by atoms with Crippen LogP contribution in [0.1, 0.15) is 23.3 Å². The van der Waals surface area contributed by atoms with E-state index in [0.29, 0.717) is 0 Å². The number of carboxylic acids is 2. The minimum atomic E-state index is -1.52. The van der Waals surface area contributed by atoms with E-state index in [1.54, 1.807) is 18.2 Å². The largest absolute Gasteiger partial charge is 0.505 e. The number of amides is 1. The Morgan fingerprint density at radius 2 is 1.93 bits per heavy atom. The summed E-state index contributed by atoms with van der Waals surface area (Å²) in [6, 6.07) is 5.55. The molecule has 4 N–H and O–H groups in total. The fraction of sp³-hybridized carbons (Fsp3) is 0.235. The zero-order valence-corrected chi connectivity index (χ0v) is 14.7. The van der Waals surface area contributed by atoms with Gasteiger partial charge < -0.3 is 25.4 Å². The number of benzene rings is 1. The lowest BCUT2D eigenvalue weighted by atomic mass is 10.1. The summed E-state index contributed by atoms with van der Waals surface area (Å²) in [6.07, 6.45) is -0.860. The number of para-hydroxylation sites is 2. The molecule has 11 nitrogen and oxygen atoms in total. The van der Waals surface area contributed by atoms with E-state index in [-0.39, 0.29) is 17.9 Å². The molecule has 0 saturated heterocycles. The summed E-state index contributed by atoms with van der Waals surface area (Å²) in [5.41, 5.74) is -1.16. The Hall–Kier alpha value is -3.89. The summed E-state index contributed by atoms with van der Waals surface area (Å²) >= 11 is 0. The molecule has 11 heteroatoms. The van der Waals surface area contributed by atoms with Gasteiger partial charge in [0.15, 0.2) is 11.4 Å². The summed E-state index contributed by atoms with van der Waals surface area (Å²) < 4.78 is 5.96. The Bertz CT molecular complexity index is 969. The number of ether oxygens (including phenoxy) is 1. The molecular formula is C17H17N3O8. The molecule has 2 rings (SSSR count). The van der Waals surface area contributed by atoms with Crippen molar-refractivity contribution in [1.82, 2.24) is 15.1 Å². The van der Waals surface area contributed by atoms with E-state index in [0.717, 1.165) is 10.7 Å². The van der Waals surface area contributed by atoms with Gasteiger partial charge in [-0.15, -0.1) is 0 Å². The molecule has 2 aromatic rings. The summed E-state index contributed by atoms with van der Waals surface area (Å²) in [5, 5.41) is 33.6. The van der Waals surface area contributed by atoms with Gasteiger partial charge in [0, 0.05) is 12.5 Å². The van der Waals surface area contributed by atoms with Gasteiger partial charge in [0.05, 0.1) is 7.11 Å². The maximum atomic E-state index is 12.4. The van der Waals surface area contributed by atoms with Crippen LogP contribution in [0.4, 0.5) is 0 Å². The smallest absolute Gasteiger partial charge is 0.326 e. The standard InChI is InChI=1S/C17H17N3O8/c1-28-12-5-3-2-4-10(12)20-13(22)8-11(21)15(19-20)16(25)18-9(17(26)27)6-7-14(23)24/h2-5,8-9,21H,6-7H2,1H3,(H,18,25)(H,23,24)(H,26,27). The number of aromatic hydroxyl groups is 1. The first kappa shape index (κ1) is 20.4. The van der Waals surface area contributed by atoms with E-state index >= 15 is 0 Å². The van der Waals surface area contributed by atoms with Gasteiger partial charge in [-0.2, -0.15) is 9.78 Å². The molecule has 1 atom stereocenters. The third kappa shape index (κ3) is 4.63. The van der Waals surface area contributed by atoms with E-state index in [9.17, 15) is 24.3 Å². The molecule has 1 aromatic heterocycles. The molecule has 28 heavy (non-hydrogen) atoms. The van der Waals surface area contributed by atoms with Crippen molar-refractivity contribution in [3.8, 4) is 17.2 Å². The molecule has 0 saturated carbocycles. The molecule has 0 spiro atoms. The second-order valence-corrected chi connectivity index (χ2v) is 5.60. The van der Waals surface area contributed by atoms with Crippen LogP contribution in [0.2, 0.25) is 0 Å². The number of hydrogen-bond acceptors (Lipinski definition) is 7. The zero-order chi connectivity index (χ0) is 20.8. The van der Waals surface area contributed by atoms with E-state index in [4.69, 9.17) is 14.9 Å². The number of methoxy groups -OCH3 is 1. The highest BCUT2D eigenvalue weighted by atomic mass is 16.5. The van der Waals surface area contributed by atoms with Gasteiger partial charge in [-0.25, -0.2) is 4.79 Å². The van der Waals surface area contributed by atoms with Crippen LogP contribution in [0.15, 0.2) is 35.1 Å². The molecule has 1 amide bonds. The first-order chi connectivity index (χ1) is 13.2. The zero-order valence-electron chi connectivity index (χ0n) is 14.7. The third-order valence-corrected chi connectivity index (χ3v) is 3.69. The highest BCUT2D eigenvalue weighted by molar-refractivity contribution is 5.97. The van der Waals surface area contributed by atoms with Gasteiger partial charge in [-0.05, 0) is 18.6 Å². The average Bonchev–Trinajstić information content (AvgIpc) is 2.64. The van der Waals surface area contributed by atoms with Crippen molar-refractivity contribution in [2.45, 2.75) is 18.9 Å². The van der Waals surface area contributed by atoms with E-state index < -0.39 is 47.3 Å². The summed E-state index contributed by atoms with van der Waals surface area (Å²) in [6.45, 7) is 0. The molecule has 0 bridgehead atoms. The molecule has 0 fully saturated rings. The second-order valence-electron chi connectivity index (χ2n) is 5.60. The normalized spacial score (nSPS) is 11.5. The monoisotopic (exact) mass is 391 g/mol. The molecule has 148 valence electrons. The van der Waals surface area contributed by atoms with Crippen molar-refractivity contribution >= 4 is 17.8 Å². The molecule has 1 aromatic carbocycles. The van der Waals surface area contributed by atoms with E-state index in [2.05, 4.69) is 10.4 Å². The summed E-state index contributed by atoms with van der Waals surface area (Å²) in [4.78, 5) is 46.4. The quantitative estimate of drug-likeness (QED) is 0.484. The Labute approximate surface area is 157 Å². The Balaban J connectivity index is 2.40. The first-order valence-corrected chi connectivity index (χ1v) is 7.96. The van der Waals surface area contributed by atoms with Crippen LogP contribution in [0.25, 0.3) is 5.69 Å². The number of carbonyl (C=O) groups is 3. The lowest BCUT2D eigenvalue weighted by Crippen LogP contribution is -2.42. The molecule has 0 aliphatic rings. The molecule has 1 unspecified atom stereocenters. The van der Waals surface area contributed by atoms with Gasteiger partial charge in [-0.1, -0.05) is 12.1 Å². The number of hydrogen-bond donors (Lipinski definition) is 4. The SMILES string of the molecule is COc1ccccc1-n1nc(C(=O)NC(CCC(=O)O)C(=O)O)c(O)cc1=O. The lowest BCUT2D eigenvalue weighted by molar-refractivity contribution is -0.140. The Morgan fingerprint density at radius 1 is 1.25 bits per heavy atom. The number of aliphatic carboxylic acids is 2. The van der Waals surface area contributed by atoms with Crippen LogP contribution >= 0.6 is 0 Å². The van der Waals surface area contributed by atoms with Gasteiger partial charge in [0.1, 0.15) is 17.5 Å². The van der Waals surface area contributed by atoms with Crippen molar-refractivity contribution in [2.24, 2.45) is 0 Å². The number of rotatable bonds is 8. The van der Waals surface area contributed by atoms with Crippen molar-refractivity contribution in [3.05, 3.63) is 46.4 Å². The molecule has 1 heterocycles. The van der Waals surface area contributed by atoms with Crippen LogP contribution < -0.4 is 15.6 Å². The number of nitrogens with zero attached hydrogens (tertiary/aromatic N) is 2. The van der Waals surface area contributed by atoms with Crippen molar-refractivity contribution in [1.29, 1.82) is 0 Å². The van der Waals surface area contributed by atoms with E-state index in [1.807, 2.05) is 0 Å². The van der Waals surface area contributed by atoms with Gasteiger partial charge >= 0.3 is 11.9 Å². The van der Waals surface area contributed by atoms with Crippen molar-refractivity contribution in [3.63, 3.8) is 0 Å². The van der Waals surface area contributed by atoms with Crippen LogP contribution in [0.3, 0.4) is 0 Å². The van der Waals surface area contributed by atoms with Gasteiger partial charge in [0.2, 0.25) is 0 Å². The fourth-order valence-electron chi connectivity index (χ4n) is 2.34. The highest BCUT2D eigenvalue weighted by Gasteiger charge is 2.25. The van der Waals surface area contributed by atoms with Crippen LogP contribution in [0.5, 0.6) is 11.5 Å². The topological polar surface area (TPSA) is 168 Å². The first-order valence-electron chi connectivity index (χ1n) is 7.96.